The Morgan fingerprint density at radius 1 is 1.24 bits per heavy atom. The van der Waals surface area contributed by atoms with E-state index in [9.17, 15) is 8.42 Å². The molecule has 8 heteroatoms. The van der Waals surface area contributed by atoms with E-state index < -0.39 is 10.0 Å². The summed E-state index contributed by atoms with van der Waals surface area (Å²) in [7, 11) is -3.65. The van der Waals surface area contributed by atoms with Crippen LogP contribution in [0.1, 0.15) is 31.7 Å². The van der Waals surface area contributed by atoms with E-state index in [0.717, 1.165) is 30.2 Å². The van der Waals surface area contributed by atoms with Crippen LogP contribution in [0.25, 0.3) is 0 Å². The van der Waals surface area contributed by atoms with Gasteiger partial charge in [0, 0.05) is 12.5 Å². The Labute approximate surface area is 123 Å². The molecule has 2 saturated heterocycles. The Balaban J connectivity index is 1.62. The highest BCUT2D eigenvalue weighted by Gasteiger charge is 2.45. The second-order valence-electron chi connectivity index (χ2n) is 5.98. The summed E-state index contributed by atoms with van der Waals surface area (Å²) >= 11 is 0. The van der Waals surface area contributed by atoms with Gasteiger partial charge in [-0.05, 0) is 18.9 Å². The van der Waals surface area contributed by atoms with Gasteiger partial charge in [-0.15, -0.1) is 0 Å². The molecule has 0 aromatic carbocycles. The van der Waals surface area contributed by atoms with Crippen LogP contribution < -0.4 is 0 Å². The first-order chi connectivity index (χ1) is 10.2. The van der Waals surface area contributed by atoms with E-state index in [-0.39, 0.29) is 23.1 Å². The van der Waals surface area contributed by atoms with Crippen molar-refractivity contribution in [2.24, 2.45) is 5.92 Å². The van der Waals surface area contributed by atoms with Crippen LogP contribution >= 0.6 is 0 Å². The van der Waals surface area contributed by atoms with Crippen LogP contribution in [-0.2, 0) is 19.6 Å². The van der Waals surface area contributed by atoms with Crippen molar-refractivity contribution in [1.82, 2.24) is 14.2 Å². The lowest BCUT2D eigenvalue weighted by molar-refractivity contribution is -0.0869. The molecule has 1 saturated carbocycles. The zero-order chi connectivity index (χ0) is 14.4. The number of ether oxygens (including phenoxy) is 1. The molecule has 116 valence electrons. The van der Waals surface area contributed by atoms with E-state index in [4.69, 9.17) is 9.57 Å². The fraction of sp³-hybridized carbons (Fsp3) is 0.769. The van der Waals surface area contributed by atoms with Gasteiger partial charge in [0.15, 0.2) is 5.03 Å². The van der Waals surface area contributed by atoms with Crippen molar-refractivity contribution in [2.75, 3.05) is 19.8 Å². The summed E-state index contributed by atoms with van der Waals surface area (Å²) < 4.78 is 33.7. The first kappa shape index (κ1) is 13.7. The number of nitrogens with zero attached hydrogens (tertiary/aromatic N) is 3. The first-order valence-corrected chi connectivity index (χ1v) is 8.91. The molecule has 3 fully saturated rings. The quantitative estimate of drug-likeness (QED) is 0.830. The highest BCUT2D eigenvalue weighted by Crippen LogP contribution is 2.34. The molecule has 0 radical (unpaired) electrons. The fourth-order valence-electron chi connectivity index (χ4n) is 3.44. The van der Waals surface area contributed by atoms with Crippen molar-refractivity contribution in [2.45, 2.75) is 42.9 Å². The van der Waals surface area contributed by atoms with Crippen LogP contribution in [0.5, 0.6) is 0 Å². The van der Waals surface area contributed by atoms with Crippen molar-refractivity contribution >= 4 is 10.0 Å². The molecule has 4 rings (SSSR count). The topological polar surface area (TPSA) is 73.7 Å². The van der Waals surface area contributed by atoms with Gasteiger partial charge in [0.2, 0.25) is 0 Å². The summed E-state index contributed by atoms with van der Waals surface area (Å²) in [5.41, 5.74) is 0. The normalized spacial score (nSPS) is 31.0. The maximum atomic E-state index is 12.8. The second kappa shape index (κ2) is 5.05. The van der Waals surface area contributed by atoms with Gasteiger partial charge >= 0.3 is 0 Å². The van der Waals surface area contributed by atoms with Gasteiger partial charge in [-0.1, -0.05) is 17.3 Å². The van der Waals surface area contributed by atoms with Gasteiger partial charge < -0.3 is 4.74 Å². The van der Waals surface area contributed by atoms with Crippen LogP contribution in [-0.4, -0.2) is 48.5 Å². The van der Waals surface area contributed by atoms with E-state index in [0.29, 0.717) is 19.8 Å². The van der Waals surface area contributed by atoms with Gasteiger partial charge in [-0.3, -0.25) is 4.84 Å². The van der Waals surface area contributed by atoms with E-state index in [1.807, 2.05) is 0 Å². The molecule has 2 atom stereocenters. The van der Waals surface area contributed by atoms with E-state index in [1.165, 1.54) is 0 Å². The number of aromatic nitrogens is 2. The van der Waals surface area contributed by atoms with Gasteiger partial charge in [-0.2, -0.15) is 5.10 Å². The second-order valence-corrected chi connectivity index (χ2v) is 7.76. The van der Waals surface area contributed by atoms with Gasteiger partial charge in [0.1, 0.15) is 6.10 Å². The number of sulfonamides is 1. The summed E-state index contributed by atoms with van der Waals surface area (Å²) in [6.07, 6.45) is 5.67. The van der Waals surface area contributed by atoms with Crippen molar-refractivity contribution in [3.05, 3.63) is 12.3 Å². The van der Waals surface area contributed by atoms with Crippen molar-refractivity contribution in [3.8, 4) is 0 Å². The Morgan fingerprint density at radius 2 is 2.05 bits per heavy atom. The Bertz CT molecular complexity index is 611. The van der Waals surface area contributed by atoms with E-state index in [1.54, 1.807) is 16.9 Å². The molecule has 0 amide bonds. The maximum absolute atomic E-state index is 12.8. The lowest BCUT2D eigenvalue weighted by Gasteiger charge is -2.19. The number of hydrogen-bond acceptors (Lipinski definition) is 5. The summed E-state index contributed by atoms with van der Waals surface area (Å²) in [5.74, 6) is 0.141. The van der Waals surface area contributed by atoms with Gasteiger partial charge in [0.05, 0.1) is 25.5 Å². The van der Waals surface area contributed by atoms with Crippen LogP contribution in [0.2, 0.25) is 0 Å². The molecular weight excluding hydrogens is 294 g/mol. The molecule has 0 N–H and O–H groups in total. The Morgan fingerprint density at radius 3 is 2.81 bits per heavy atom. The molecule has 7 nitrogen and oxygen atoms in total. The molecule has 0 unspecified atom stereocenters. The van der Waals surface area contributed by atoms with Crippen LogP contribution in [0, 0.1) is 5.92 Å². The lowest BCUT2D eigenvalue weighted by Crippen LogP contribution is -2.31. The number of rotatable bonds is 3. The monoisotopic (exact) mass is 313 g/mol. The van der Waals surface area contributed by atoms with Crippen LogP contribution in [0.3, 0.4) is 0 Å². The molecule has 1 aromatic rings. The average molecular weight is 313 g/mol. The summed E-state index contributed by atoms with van der Waals surface area (Å²) in [6.45, 7) is 1.40. The molecule has 0 spiro atoms. The fourth-order valence-corrected chi connectivity index (χ4v) is 4.93. The van der Waals surface area contributed by atoms with E-state index in [2.05, 4.69) is 5.10 Å². The third-order valence-corrected chi connectivity index (χ3v) is 6.24. The molecule has 1 aromatic heterocycles. The largest absolute Gasteiger partial charge is 0.378 e. The smallest absolute Gasteiger partial charge is 0.282 e. The van der Waals surface area contributed by atoms with E-state index >= 15 is 0 Å². The third-order valence-electron chi connectivity index (χ3n) is 4.61. The number of hydroxylamine groups is 1. The Kier molecular flexibility index (Phi) is 3.29. The van der Waals surface area contributed by atoms with Crippen molar-refractivity contribution < 1.29 is 18.0 Å². The third kappa shape index (κ3) is 2.21. The van der Waals surface area contributed by atoms with Crippen LogP contribution in [0.15, 0.2) is 17.3 Å². The maximum Gasteiger partial charge on any atom is 0.282 e. The molecule has 3 aliphatic rings. The molecule has 3 heterocycles. The molecule has 21 heavy (non-hydrogen) atoms. The minimum Gasteiger partial charge on any atom is -0.378 e. The first-order valence-electron chi connectivity index (χ1n) is 7.47. The molecule has 2 aliphatic heterocycles. The minimum atomic E-state index is -3.65. The number of fused-ring (bicyclic) bond motifs is 1. The Hall–Kier alpha value is -0.960. The zero-order valence-corrected chi connectivity index (χ0v) is 12.5. The summed E-state index contributed by atoms with van der Waals surface area (Å²) in [6, 6.07) is 1.76. The highest BCUT2D eigenvalue weighted by molar-refractivity contribution is 7.88. The lowest BCUT2D eigenvalue weighted by atomic mass is 10.1. The minimum absolute atomic E-state index is 0.136. The molecular formula is C13H19N3O4S. The predicted molar refractivity (Wildman–Crippen MR) is 72.8 cm³/mol. The van der Waals surface area contributed by atoms with Gasteiger partial charge in [-0.25, -0.2) is 13.1 Å². The number of hydrogen-bond donors (Lipinski definition) is 0. The summed E-state index contributed by atoms with van der Waals surface area (Å²) in [5, 5.41) is 4.48. The van der Waals surface area contributed by atoms with Crippen LogP contribution in [0.4, 0.5) is 0 Å². The van der Waals surface area contributed by atoms with Crippen molar-refractivity contribution in [3.63, 3.8) is 0 Å². The standard InChI is InChI=1S/C13H19N3O4S/c17-21(18,15-7-10-8-19-9-12(10)20-15)13-5-6-14-16(13)11-3-1-2-4-11/h5-6,10-12H,1-4,7-9H2/t10-,12+/m1/s1. The van der Waals surface area contributed by atoms with Crippen molar-refractivity contribution in [1.29, 1.82) is 0 Å². The SMILES string of the molecule is O=S(=O)(c1ccnn1C1CCCC1)N1C[C@@H]2COC[C@@H]2O1. The average Bonchev–Trinajstić information content (AvgIpc) is 3.21. The predicted octanol–water partition coefficient (Wildman–Crippen LogP) is 0.949. The summed E-state index contributed by atoms with van der Waals surface area (Å²) in [4.78, 5) is 5.57. The zero-order valence-electron chi connectivity index (χ0n) is 11.7. The highest BCUT2D eigenvalue weighted by atomic mass is 32.2. The molecule has 1 aliphatic carbocycles. The molecule has 0 bridgehead atoms. The van der Waals surface area contributed by atoms with Gasteiger partial charge in [0.25, 0.3) is 10.0 Å².